The van der Waals surface area contributed by atoms with Crippen molar-refractivity contribution in [3.05, 3.63) is 0 Å². The van der Waals surface area contributed by atoms with Gasteiger partial charge in [0.25, 0.3) is 0 Å². The molecule has 1 saturated carbocycles. The van der Waals surface area contributed by atoms with Crippen molar-refractivity contribution >= 4 is 7.12 Å². The number of hydrogen-bond acceptors (Lipinski definition) is 3. The van der Waals surface area contributed by atoms with Crippen LogP contribution in [-0.4, -0.2) is 29.4 Å². The fraction of sp³-hybridized carbons (Fsp3) is 1.00. The highest BCUT2D eigenvalue weighted by molar-refractivity contribution is 6.49. The minimum Gasteiger partial charge on any atom is -0.403 e. The minimum absolute atomic E-state index is 0.0281. The van der Waals surface area contributed by atoms with E-state index in [1.807, 2.05) is 0 Å². The van der Waals surface area contributed by atoms with E-state index in [4.69, 9.17) is 9.31 Å². The van der Waals surface area contributed by atoms with Crippen molar-refractivity contribution in [2.75, 3.05) is 0 Å². The van der Waals surface area contributed by atoms with Crippen LogP contribution in [0.2, 0.25) is 5.82 Å². The van der Waals surface area contributed by atoms with Crippen LogP contribution in [0.5, 0.6) is 0 Å². The summed E-state index contributed by atoms with van der Waals surface area (Å²) in [6, 6.07) is 0. The van der Waals surface area contributed by atoms with E-state index in [1.54, 1.807) is 0 Å². The minimum atomic E-state index is -0.209. The molecule has 1 atom stereocenters. The Balaban J connectivity index is 1.77. The molecule has 21 heavy (non-hydrogen) atoms. The monoisotopic (exact) mass is 293 g/mol. The van der Waals surface area contributed by atoms with Gasteiger partial charge in [0.05, 0.1) is 11.2 Å². The third kappa shape index (κ3) is 2.57. The summed E-state index contributed by atoms with van der Waals surface area (Å²) >= 11 is 0. The van der Waals surface area contributed by atoms with Crippen LogP contribution in [0, 0.1) is 5.41 Å². The summed E-state index contributed by atoms with van der Waals surface area (Å²) in [6.07, 6.45) is 3.69. The maximum atomic E-state index is 6.31. The number of rotatable bonds is 1. The van der Waals surface area contributed by atoms with E-state index in [1.165, 1.54) is 19.3 Å². The fourth-order valence-electron chi connectivity index (χ4n) is 5.05. The largest absolute Gasteiger partial charge is 0.461 e. The topological polar surface area (TPSA) is 30.5 Å². The van der Waals surface area contributed by atoms with Crippen molar-refractivity contribution in [3.8, 4) is 0 Å². The summed E-state index contributed by atoms with van der Waals surface area (Å²) in [5.74, 6) is 0.555. The lowest BCUT2D eigenvalue weighted by molar-refractivity contribution is 0.00578. The van der Waals surface area contributed by atoms with Crippen molar-refractivity contribution in [3.63, 3.8) is 0 Å². The summed E-state index contributed by atoms with van der Waals surface area (Å²) in [5.41, 5.74) is 0.374. The van der Waals surface area contributed by atoms with Crippen molar-refractivity contribution in [2.24, 2.45) is 5.41 Å². The predicted molar refractivity (Wildman–Crippen MR) is 87.4 cm³/mol. The van der Waals surface area contributed by atoms with Gasteiger partial charge in [-0.05, 0) is 80.1 Å². The molecule has 4 heteroatoms. The van der Waals surface area contributed by atoms with E-state index < -0.39 is 0 Å². The van der Waals surface area contributed by atoms with Gasteiger partial charge in [-0.15, -0.1) is 0 Å². The van der Waals surface area contributed by atoms with Crippen molar-refractivity contribution in [2.45, 2.75) is 103 Å². The van der Waals surface area contributed by atoms with Gasteiger partial charge in [0, 0.05) is 16.9 Å². The highest BCUT2D eigenvalue weighted by Gasteiger charge is 2.69. The molecule has 0 aromatic heterocycles. The maximum absolute atomic E-state index is 6.31. The second-order valence-corrected chi connectivity index (χ2v) is 10.0. The molecule has 0 bridgehead atoms. The molecular weight excluding hydrogens is 261 g/mol. The van der Waals surface area contributed by atoms with E-state index in [0.717, 1.165) is 0 Å². The summed E-state index contributed by atoms with van der Waals surface area (Å²) < 4.78 is 12.6. The van der Waals surface area contributed by atoms with E-state index in [2.05, 4.69) is 60.7 Å². The highest BCUT2D eigenvalue weighted by Crippen LogP contribution is 2.70. The van der Waals surface area contributed by atoms with Crippen molar-refractivity contribution in [1.82, 2.24) is 5.32 Å². The molecule has 0 amide bonds. The molecule has 1 unspecified atom stereocenters. The number of nitrogens with one attached hydrogen (secondary N) is 1. The molecule has 3 fully saturated rings. The first kappa shape index (κ1) is 15.8. The van der Waals surface area contributed by atoms with Gasteiger partial charge in [-0.2, -0.15) is 0 Å². The fourth-order valence-corrected chi connectivity index (χ4v) is 5.05. The van der Waals surface area contributed by atoms with Gasteiger partial charge in [-0.25, -0.2) is 0 Å². The smallest absolute Gasteiger partial charge is 0.403 e. The molecule has 1 aliphatic carbocycles. The van der Waals surface area contributed by atoms with E-state index in [-0.39, 0.29) is 29.4 Å². The Hall–Kier alpha value is -0.0551. The molecular formula is C17H32BNO2. The molecule has 3 rings (SSSR count). The Morgan fingerprint density at radius 2 is 1.24 bits per heavy atom. The van der Waals surface area contributed by atoms with Crippen LogP contribution in [-0.2, 0) is 9.31 Å². The van der Waals surface area contributed by atoms with Gasteiger partial charge in [-0.3, -0.25) is 0 Å². The van der Waals surface area contributed by atoms with Crippen LogP contribution < -0.4 is 5.32 Å². The zero-order valence-corrected chi connectivity index (χ0v) is 15.1. The number of hydrogen-bond donors (Lipinski definition) is 1. The van der Waals surface area contributed by atoms with Crippen LogP contribution in [0.25, 0.3) is 0 Å². The molecule has 3 nitrogen and oxygen atoms in total. The predicted octanol–water partition coefficient (Wildman–Crippen LogP) is 3.78. The molecule has 0 radical (unpaired) electrons. The SMILES string of the molecule is CC1(C)CC2(CC2B2OC(C)(C)C(C)(C)O2)CC(C)(C)N1. The van der Waals surface area contributed by atoms with Gasteiger partial charge in [0.2, 0.25) is 0 Å². The van der Waals surface area contributed by atoms with Crippen LogP contribution in [0.1, 0.15) is 74.7 Å². The lowest BCUT2D eigenvalue weighted by Crippen LogP contribution is -2.58. The third-order valence-corrected chi connectivity index (χ3v) is 6.12. The average molecular weight is 293 g/mol. The van der Waals surface area contributed by atoms with Gasteiger partial charge in [-0.1, -0.05) is 0 Å². The second kappa shape index (κ2) is 4.07. The molecule has 2 heterocycles. The van der Waals surface area contributed by atoms with Crippen LogP contribution in [0.3, 0.4) is 0 Å². The normalized spacial score (nSPS) is 37.7. The van der Waals surface area contributed by atoms with Crippen LogP contribution in [0.15, 0.2) is 0 Å². The first-order valence-electron chi connectivity index (χ1n) is 8.43. The lowest BCUT2D eigenvalue weighted by atomic mass is 9.66. The molecule has 2 saturated heterocycles. The second-order valence-electron chi connectivity index (χ2n) is 10.0. The molecule has 1 spiro atoms. The van der Waals surface area contributed by atoms with Gasteiger partial charge in [0.15, 0.2) is 0 Å². The lowest BCUT2D eigenvalue weighted by Gasteiger charge is -2.47. The molecule has 0 aromatic rings. The average Bonchev–Trinajstić information content (AvgIpc) is 2.76. The Morgan fingerprint density at radius 3 is 1.67 bits per heavy atom. The Morgan fingerprint density at radius 1 is 0.810 bits per heavy atom. The van der Waals surface area contributed by atoms with Gasteiger partial charge >= 0.3 is 7.12 Å². The van der Waals surface area contributed by atoms with Gasteiger partial charge in [0.1, 0.15) is 0 Å². The molecule has 120 valence electrons. The van der Waals surface area contributed by atoms with E-state index >= 15 is 0 Å². The first-order valence-corrected chi connectivity index (χ1v) is 8.43. The zero-order valence-electron chi connectivity index (χ0n) is 15.1. The highest BCUT2D eigenvalue weighted by atomic mass is 16.7. The Kier molecular flexibility index (Phi) is 3.07. The van der Waals surface area contributed by atoms with Crippen molar-refractivity contribution < 1.29 is 9.31 Å². The first-order chi connectivity index (χ1) is 9.28. The van der Waals surface area contributed by atoms with Gasteiger partial charge < -0.3 is 14.6 Å². The molecule has 1 N–H and O–H groups in total. The Labute approximate surface area is 130 Å². The summed E-state index contributed by atoms with van der Waals surface area (Å²) in [6.45, 7) is 17.9. The summed E-state index contributed by atoms with van der Waals surface area (Å²) in [7, 11) is -0.0281. The maximum Gasteiger partial charge on any atom is 0.461 e. The van der Waals surface area contributed by atoms with Crippen LogP contribution in [0.4, 0.5) is 0 Å². The van der Waals surface area contributed by atoms with E-state index in [0.29, 0.717) is 11.2 Å². The number of piperidine rings is 1. The quantitative estimate of drug-likeness (QED) is 0.746. The Bertz CT molecular complexity index is 424. The molecule has 3 aliphatic rings. The van der Waals surface area contributed by atoms with Crippen LogP contribution >= 0.6 is 0 Å². The molecule has 0 aromatic carbocycles. The molecule has 2 aliphatic heterocycles. The summed E-state index contributed by atoms with van der Waals surface area (Å²) in [5, 5.41) is 3.79. The summed E-state index contributed by atoms with van der Waals surface area (Å²) in [4.78, 5) is 0. The third-order valence-electron chi connectivity index (χ3n) is 6.12. The standard InChI is InChI=1S/C17H32BNO2/c1-13(2)10-17(11-14(3,4)19-13)9-12(17)18-20-15(5,6)16(7,8)21-18/h12,19H,9-11H2,1-8H3. The zero-order chi connectivity index (χ0) is 15.9. The van der Waals surface area contributed by atoms with E-state index in [9.17, 15) is 0 Å². The van der Waals surface area contributed by atoms with Crippen molar-refractivity contribution in [1.29, 1.82) is 0 Å².